The molecule has 0 bridgehead atoms. The molecule has 0 aliphatic carbocycles. The molecule has 1 aromatic heterocycles. The lowest BCUT2D eigenvalue weighted by Gasteiger charge is -1.82. The topological polar surface area (TPSA) is 51.8 Å². The molecule has 1 heterocycles. The zero-order valence-corrected chi connectivity index (χ0v) is 3.70. The maximum Gasteiger partial charge on any atom is 0.219 e. The smallest absolute Gasteiger partial charge is 0.219 e. The second kappa shape index (κ2) is 3.01. The van der Waals surface area contributed by atoms with Gasteiger partial charge in [0.1, 0.15) is 0 Å². The van der Waals surface area contributed by atoms with Crippen molar-refractivity contribution >= 4 is 14.4 Å². The minimum Gasteiger partial charge on any atom is -0.368 e. The summed E-state index contributed by atoms with van der Waals surface area (Å²) in [5.74, 6) is 0.322. The molecule has 0 aliphatic heterocycles. The quantitative estimate of drug-likeness (QED) is 0.429. The van der Waals surface area contributed by atoms with Gasteiger partial charge in [-0.2, -0.15) is 0 Å². The summed E-state index contributed by atoms with van der Waals surface area (Å²) in [6.07, 6.45) is 3.20. The summed E-state index contributed by atoms with van der Waals surface area (Å²) in [6.45, 7) is 0. The van der Waals surface area contributed by atoms with Gasteiger partial charge in [-0.25, -0.2) is 9.97 Å². The fourth-order valence-electron chi connectivity index (χ4n) is 0.311. The van der Waals surface area contributed by atoms with Crippen LogP contribution in [0.3, 0.4) is 0 Å². The van der Waals surface area contributed by atoms with Gasteiger partial charge < -0.3 is 5.73 Å². The van der Waals surface area contributed by atoms with E-state index in [2.05, 4.69) is 9.97 Å². The first-order chi connectivity index (χ1) is 3.39. The molecule has 0 saturated heterocycles. The van der Waals surface area contributed by atoms with Crippen molar-refractivity contribution in [3.05, 3.63) is 18.5 Å². The van der Waals surface area contributed by atoms with Gasteiger partial charge in [-0.1, -0.05) is 0 Å². The van der Waals surface area contributed by atoms with Crippen molar-refractivity contribution in [2.45, 2.75) is 0 Å². The molecule has 0 amide bonds. The van der Waals surface area contributed by atoms with Crippen LogP contribution >= 0.6 is 0 Å². The number of rotatable bonds is 0. The van der Waals surface area contributed by atoms with Crippen LogP contribution in [0.1, 0.15) is 0 Å². The molecular formula is C4H8BN3. The van der Waals surface area contributed by atoms with Crippen molar-refractivity contribution in [2.24, 2.45) is 0 Å². The Morgan fingerprint density at radius 3 is 2.00 bits per heavy atom. The summed E-state index contributed by atoms with van der Waals surface area (Å²) >= 11 is 0. The van der Waals surface area contributed by atoms with Crippen LogP contribution in [0.2, 0.25) is 0 Å². The average Bonchev–Trinajstić information content (AvgIpc) is 1.69. The molecule has 0 aromatic carbocycles. The minimum absolute atomic E-state index is 0. The predicted molar refractivity (Wildman–Crippen MR) is 36.4 cm³/mol. The monoisotopic (exact) mass is 109 g/mol. The van der Waals surface area contributed by atoms with E-state index in [1.165, 1.54) is 0 Å². The highest BCUT2D eigenvalue weighted by molar-refractivity contribution is 5.75. The Bertz CT molecular complexity index is 141. The Kier molecular flexibility index (Phi) is 2.62. The third-order valence-electron chi connectivity index (χ3n) is 0.586. The highest BCUT2D eigenvalue weighted by Crippen LogP contribution is 1.81. The van der Waals surface area contributed by atoms with Crippen LogP contribution in [-0.4, -0.2) is 18.4 Å². The minimum atomic E-state index is 0. The maximum absolute atomic E-state index is 5.14. The van der Waals surface area contributed by atoms with E-state index in [0.29, 0.717) is 5.95 Å². The van der Waals surface area contributed by atoms with Crippen LogP contribution in [0.4, 0.5) is 5.95 Å². The van der Waals surface area contributed by atoms with Crippen LogP contribution < -0.4 is 5.73 Å². The van der Waals surface area contributed by atoms with Gasteiger partial charge in [0.25, 0.3) is 0 Å². The van der Waals surface area contributed by atoms with Crippen molar-refractivity contribution in [2.75, 3.05) is 5.73 Å². The number of nitrogens with two attached hydrogens (primary N) is 1. The highest BCUT2D eigenvalue weighted by atomic mass is 15.0. The molecular weight excluding hydrogens is 101 g/mol. The van der Waals surface area contributed by atoms with Crippen molar-refractivity contribution in [3.8, 4) is 0 Å². The second-order valence-electron chi connectivity index (χ2n) is 1.11. The van der Waals surface area contributed by atoms with Gasteiger partial charge in [-0.15, -0.1) is 0 Å². The van der Waals surface area contributed by atoms with Gasteiger partial charge in [0.2, 0.25) is 5.95 Å². The van der Waals surface area contributed by atoms with E-state index in [4.69, 9.17) is 5.73 Å². The van der Waals surface area contributed by atoms with Crippen LogP contribution in [0.5, 0.6) is 0 Å². The lowest BCUT2D eigenvalue weighted by Crippen LogP contribution is -1.90. The average molecular weight is 109 g/mol. The van der Waals surface area contributed by atoms with Crippen molar-refractivity contribution < 1.29 is 0 Å². The maximum atomic E-state index is 5.14. The largest absolute Gasteiger partial charge is 0.368 e. The molecule has 1 rings (SSSR count). The van der Waals surface area contributed by atoms with Gasteiger partial charge in [-0.05, 0) is 6.07 Å². The highest BCUT2D eigenvalue weighted by Gasteiger charge is 1.75. The zero-order chi connectivity index (χ0) is 5.11. The van der Waals surface area contributed by atoms with Crippen molar-refractivity contribution in [1.82, 2.24) is 9.97 Å². The van der Waals surface area contributed by atoms with E-state index in [-0.39, 0.29) is 8.41 Å². The predicted octanol–water partition coefficient (Wildman–Crippen LogP) is -1.13. The summed E-state index contributed by atoms with van der Waals surface area (Å²) in [4.78, 5) is 7.29. The van der Waals surface area contributed by atoms with Crippen LogP contribution in [0, 0.1) is 0 Å². The molecule has 1 aromatic rings. The third kappa shape index (κ3) is 1.60. The number of nitrogen functional groups attached to an aromatic ring is 1. The zero-order valence-electron chi connectivity index (χ0n) is 3.70. The number of hydrogen-bond acceptors (Lipinski definition) is 3. The van der Waals surface area contributed by atoms with Crippen LogP contribution in [-0.2, 0) is 0 Å². The van der Waals surface area contributed by atoms with E-state index < -0.39 is 0 Å². The Balaban J connectivity index is 0.000000490. The van der Waals surface area contributed by atoms with Crippen LogP contribution in [0.25, 0.3) is 0 Å². The van der Waals surface area contributed by atoms with E-state index in [1.807, 2.05) is 0 Å². The first-order valence-electron chi connectivity index (χ1n) is 1.92. The number of anilines is 1. The molecule has 3 nitrogen and oxygen atoms in total. The van der Waals surface area contributed by atoms with E-state index in [0.717, 1.165) is 0 Å². The fourth-order valence-corrected chi connectivity index (χ4v) is 0.311. The molecule has 42 valence electrons. The van der Waals surface area contributed by atoms with Gasteiger partial charge in [-0.3, -0.25) is 0 Å². The molecule has 0 aliphatic rings. The second-order valence-corrected chi connectivity index (χ2v) is 1.11. The fraction of sp³-hybridized carbons (Fsp3) is 0. The van der Waals surface area contributed by atoms with Gasteiger partial charge in [0.05, 0.1) is 8.41 Å². The first-order valence-corrected chi connectivity index (χ1v) is 1.92. The SMILES string of the molecule is B.Nc1ncccn1. The van der Waals surface area contributed by atoms with Crippen LogP contribution in [0.15, 0.2) is 18.5 Å². The summed E-state index contributed by atoms with van der Waals surface area (Å²) < 4.78 is 0. The molecule has 4 heteroatoms. The summed E-state index contributed by atoms with van der Waals surface area (Å²) in [6, 6.07) is 1.72. The molecule has 8 heavy (non-hydrogen) atoms. The molecule has 0 unspecified atom stereocenters. The summed E-state index contributed by atoms with van der Waals surface area (Å²) in [5.41, 5.74) is 5.14. The van der Waals surface area contributed by atoms with Crippen molar-refractivity contribution in [1.29, 1.82) is 0 Å². The van der Waals surface area contributed by atoms with E-state index in [1.54, 1.807) is 18.5 Å². The number of hydrogen-bond donors (Lipinski definition) is 1. The van der Waals surface area contributed by atoms with Gasteiger partial charge >= 0.3 is 0 Å². The number of nitrogens with zero attached hydrogens (tertiary/aromatic N) is 2. The normalized spacial score (nSPS) is 7.50. The summed E-state index contributed by atoms with van der Waals surface area (Å²) in [7, 11) is 0. The Morgan fingerprint density at radius 2 is 1.75 bits per heavy atom. The molecule has 0 spiro atoms. The Hall–Kier alpha value is -1.06. The molecule has 0 atom stereocenters. The van der Waals surface area contributed by atoms with Crippen molar-refractivity contribution in [3.63, 3.8) is 0 Å². The van der Waals surface area contributed by atoms with E-state index in [9.17, 15) is 0 Å². The third-order valence-corrected chi connectivity index (χ3v) is 0.586. The Labute approximate surface area is 49.5 Å². The lowest BCUT2D eigenvalue weighted by molar-refractivity contribution is 1.19. The molecule has 0 saturated carbocycles. The molecule has 0 fully saturated rings. The molecule has 2 N–H and O–H groups in total. The molecule has 0 radical (unpaired) electrons. The van der Waals surface area contributed by atoms with E-state index >= 15 is 0 Å². The standard InChI is InChI=1S/C4H5N3.BH3/c5-4-6-2-1-3-7-4;/h1-3H,(H2,5,6,7);1H3. The summed E-state index contributed by atoms with van der Waals surface area (Å²) in [5, 5.41) is 0. The van der Waals surface area contributed by atoms with Gasteiger partial charge in [0, 0.05) is 12.4 Å². The number of aromatic nitrogens is 2. The van der Waals surface area contributed by atoms with Gasteiger partial charge in [0.15, 0.2) is 0 Å². The first kappa shape index (κ1) is 6.94. The Morgan fingerprint density at radius 1 is 1.25 bits per heavy atom. The lowest BCUT2D eigenvalue weighted by atomic mass is 10.7.